The number of carbonyl (C=O) groups excluding carboxylic acids is 1. The van der Waals surface area contributed by atoms with Gasteiger partial charge >= 0.3 is 5.63 Å². The zero-order valence-electron chi connectivity index (χ0n) is 7.69. The van der Waals surface area contributed by atoms with Crippen LogP contribution in [0, 0.1) is 12.3 Å². The van der Waals surface area contributed by atoms with Crippen LogP contribution in [0.3, 0.4) is 0 Å². The van der Waals surface area contributed by atoms with Crippen molar-refractivity contribution in [2.75, 3.05) is 0 Å². The lowest BCUT2D eigenvalue weighted by atomic mass is 10.1. The minimum atomic E-state index is -0.698. The number of hydrogen-bond acceptors (Lipinski definition) is 3. The maximum Gasteiger partial charge on any atom is 0.348 e. The minimum absolute atomic E-state index is 0.101. The summed E-state index contributed by atoms with van der Waals surface area (Å²) in [5.74, 6) is 1.23. The van der Waals surface area contributed by atoms with E-state index in [9.17, 15) is 9.59 Å². The van der Waals surface area contributed by atoms with E-state index in [0.717, 1.165) is 0 Å². The van der Waals surface area contributed by atoms with Crippen LogP contribution in [0.15, 0.2) is 39.5 Å². The van der Waals surface area contributed by atoms with Crippen molar-refractivity contribution in [2.24, 2.45) is 0 Å². The molecule has 3 nitrogen and oxygen atoms in total. The van der Waals surface area contributed by atoms with Gasteiger partial charge in [-0.25, -0.2) is 4.79 Å². The lowest BCUT2D eigenvalue weighted by molar-refractivity contribution is 0.105. The molecular formula is C12H6O3. The van der Waals surface area contributed by atoms with E-state index in [4.69, 9.17) is 10.8 Å². The van der Waals surface area contributed by atoms with Crippen LogP contribution >= 0.6 is 0 Å². The van der Waals surface area contributed by atoms with Gasteiger partial charge in [0, 0.05) is 5.39 Å². The normalized spacial score (nSPS) is 9.80. The number of carbonyl (C=O) groups is 1. The second-order valence-corrected chi connectivity index (χ2v) is 2.96. The number of benzene rings is 1. The Balaban J connectivity index is 2.80. The second kappa shape index (κ2) is 3.43. The lowest BCUT2D eigenvalue weighted by Gasteiger charge is -1.97. The van der Waals surface area contributed by atoms with Crippen LogP contribution < -0.4 is 5.63 Å². The Kier molecular flexibility index (Phi) is 2.11. The van der Waals surface area contributed by atoms with E-state index in [0.29, 0.717) is 11.0 Å². The number of ketones is 1. The fourth-order valence-corrected chi connectivity index (χ4v) is 1.30. The molecule has 0 amide bonds. The maximum atomic E-state index is 11.4. The summed E-state index contributed by atoms with van der Waals surface area (Å²) < 4.78 is 4.94. The molecule has 0 N–H and O–H groups in total. The summed E-state index contributed by atoms with van der Waals surface area (Å²) in [5.41, 5.74) is -0.357. The molecular weight excluding hydrogens is 192 g/mol. The van der Waals surface area contributed by atoms with Crippen molar-refractivity contribution >= 4 is 16.8 Å². The minimum Gasteiger partial charge on any atom is -0.422 e. The van der Waals surface area contributed by atoms with Gasteiger partial charge in [-0.15, -0.1) is 6.42 Å². The van der Waals surface area contributed by atoms with Gasteiger partial charge in [-0.05, 0) is 18.1 Å². The molecule has 0 saturated carbocycles. The number of rotatable bonds is 1. The Hall–Kier alpha value is -2.34. The molecule has 0 saturated heterocycles. The molecule has 2 aromatic rings. The van der Waals surface area contributed by atoms with Crippen LogP contribution in [0.2, 0.25) is 0 Å². The first-order valence-corrected chi connectivity index (χ1v) is 4.26. The van der Waals surface area contributed by atoms with Gasteiger partial charge in [-0.3, -0.25) is 4.79 Å². The molecule has 3 heteroatoms. The van der Waals surface area contributed by atoms with E-state index in [1.807, 2.05) is 5.92 Å². The van der Waals surface area contributed by atoms with E-state index in [2.05, 4.69) is 0 Å². The first-order valence-electron chi connectivity index (χ1n) is 4.26. The molecule has 1 aromatic carbocycles. The summed E-state index contributed by atoms with van der Waals surface area (Å²) in [6.07, 6.45) is 4.94. The summed E-state index contributed by atoms with van der Waals surface area (Å²) in [5, 5.41) is 0.677. The SMILES string of the molecule is C#CC(=O)c1cc2ccccc2oc1=O. The van der Waals surface area contributed by atoms with Gasteiger partial charge in [0.15, 0.2) is 0 Å². The Bertz CT molecular complexity index is 629. The number of fused-ring (bicyclic) bond motifs is 1. The van der Waals surface area contributed by atoms with Gasteiger partial charge < -0.3 is 4.42 Å². The van der Waals surface area contributed by atoms with Crippen molar-refractivity contribution < 1.29 is 9.21 Å². The van der Waals surface area contributed by atoms with E-state index < -0.39 is 11.4 Å². The molecule has 0 fully saturated rings. The molecule has 0 bridgehead atoms. The van der Waals surface area contributed by atoms with Crippen molar-refractivity contribution in [3.8, 4) is 12.3 Å². The fourth-order valence-electron chi connectivity index (χ4n) is 1.30. The van der Waals surface area contributed by atoms with Crippen molar-refractivity contribution in [1.29, 1.82) is 0 Å². The molecule has 1 heterocycles. The van der Waals surface area contributed by atoms with Crippen LogP contribution in [0.25, 0.3) is 11.0 Å². The topological polar surface area (TPSA) is 47.3 Å². The lowest BCUT2D eigenvalue weighted by Crippen LogP contribution is -2.11. The summed E-state index contributed by atoms with van der Waals surface area (Å²) in [4.78, 5) is 22.5. The molecule has 0 unspecified atom stereocenters. The van der Waals surface area contributed by atoms with E-state index in [1.165, 1.54) is 6.07 Å². The van der Waals surface area contributed by atoms with Gasteiger partial charge in [0.1, 0.15) is 11.1 Å². The van der Waals surface area contributed by atoms with Crippen LogP contribution in [0.1, 0.15) is 10.4 Å². The number of Topliss-reactive ketones (excluding diaryl/α,β-unsaturated/α-hetero) is 1. The van der Waals surface area contributed by atoms with Gasteiger partial charge in [-0.1, -0.05) is 18.2 Å². The van der Waals surface area contributed by atoms with Gasteiger partial charge in [0.25, 0.3) is 0 Å². The highest BCUT2D eigenvalue weighted by molar-refractivity contribution is 6.09. The van der Waals surface area contributed by atoms with Crippen LogP contribution in [-0.2, 0) is 0 Å². The summed E-state index contributed by atoms with van der Waals surface area (Å²) >= 11 is 0. The third-order valence-electron chi connectivity index (χ3n) is 2.02. The Morgan fingerprint density at radius 2 is 2.07 bits per heavy atom. The zero-order valence-corrected chi connectivity index (χ0v) is 7.69. The van der Waals surface area contributed by atoms with E-state index >= 15 is 0 Å². The quantitative estimate of drug-likeness (QED) is 0.302. The third-order valence-corrected chi connectivity index (χ3v) is 2.02. The molecule has 0 spiro atoms. The molecule has 0 aliphatic carbocycles. The number of terminal acetylenes is 1. The van der Waals surface area contributed by atoms with Gasteiger partial charge in [-0.2, -0.15) is 0 Å². The third kappa shape index (κ3) is 1.53. The van der Waals surface area contributed by atoms with Crippen LogP contribution in [-0.4, -0.2) is 5.78 Å². The Morgan fingerprint density at radius 3 is 2.80 bits per heavy atom. The Labute approximate surface area is 85.3 Å². The Morgan fingerprint density at radius 1 is 1.33 bits per heavy atom. The predicted molar refractivity (Wildman–Crippen MR) is 55.6 cm³/mol. The predicted octanol–water partition coefficient (Wildman–Crippen LogP) is 1.61. The van der Waals surface area contributed by atoms with Crippen LogP contribution in [0.4, 0.5) is 0 Å². The van der Waals surface area contributed by atoms with Crippen molar-refractivity contribution in [3.05, 3.63) is 46.3 Å². The molecule has 15 heavy (non-hydrogen) atoms. The summed E-state index contributed by atoms with van der Waals surface area (Å²) in [7, 11) is 0. The van der Waals surface area contributed by atoms with Crippen molar-refractivity contribution in [1.82, 2.24) is 0 Å². The van der Waals surface area contributed by atoms with Gasteiger partial charge in [0.05, 0.1) is 0 Å². The first kappa shape index (κ1) is 9.22. The molecule has 1 aromatic heterocycles. The summed E-state index contributed by atoms with van der Waals surface area (Å²) in [6, 6.07) is 8.37. The zero-order chi connectivity index (χ0) is 10.8. The molecule has 0 aliphatic rings. The van der Waals surface area contributed by atoms with Gasteiger partial charge in [0.2, 0.25) is 5.78 Å². The highest BCUT2D eigenvalue weighted by Gasteiger charge is 2.10. The molecule has 0 radical (unpaired) electrons. The standard InChI is InChI=1S/C12H6O3/c1-2-10(13)9-7-8-5-3-4-6-11(8)15-12(9)14/h1,3-7H. The molecule has 2 rings (SSSR count). The second-order valence-electron chi connectivity index (χ2n) is 2.96. The number of hydrogen-bond donors (Lipinski definition) is 0. The largest absolute Gasteiger partial charge is 0.422 e. The maximum absolute atomic E-state index is 11.4. The van der Waals surface area contributed by atoms with E-state index in [1.54, 1.807) is 24.3 Å². The van der Waals surface area contributed by atoms with Crippen LogP contribution in [0.5, 0.6) is 0 Å². The monoisotopic (exact) mass is 198 g/mol. The van der Waals surface area contributed by atoms with Crippen molar-refractivity contribution in [2.45, 2.75) is 0 Å². The first-order chi connectivity index (χ1) is 7.22. The smallest absolute Gasteiger partial charge is 0.348 e. The average molecular weight is 198 g/mol. The van der Waals surface area contributed by atoms with Crippen molar-refractivity contribution in [3.63, 3.8) is 0 Å². The highest BCUT2D eigenvalue weighted by atomic mass is 16.4. The fraction of sp³-hybridized carbons (Fsp3) is 0. The number of para-hydroxylation sites is 1. The molecule has 0 atom stereocenters. The average Bonchev–Trinajstić information content (AvgIpc) is 2.27. The summed E-state index contributed by atoms with van der Waals surface area (Å²) in [6.45, 7) is 0. The highest BCUT2D eigenvalue weighted by Crippen LogP contribution is 2.12. The van der Waals surface area contributed by atoms with E-state index in [-0.39, 0.29) is 5.56 Å². The molecule has 0 aliphatic heterocycles. The molecule has 72 valence electrons.